The van der Waals surface area contributed by atoms with Crippen LogP contribution in [0.4, 0.5) is 5.82 Å². The Morgan fingerprint density at radius 2 is 2.00 bits per heavy atom. The van der Waals surface area contributed by atoms with Crippen molar-refractivity contribution in [1.82, 2.24) is 15.6 Å². The van der Waals surface area contributed by atoms with Gasteiger partial charge in [-0.3, -0.25) is 0 Å². The third-order valence-electron chi connectivity index (χ3n) is 5.22. The molecule has 0 amide bonds. The highest BCUT2D eigenvalue weighted by atomic mass is 127. The van der Waals surface area contributed by atoms with Crippen molar-refractivity contribution >= 4 is 35.8 Å². The van der Waals surface area contributed by atoms with Gasteiger partial charge in [0.15, 0.2) is 5.96 Å². The van der Waals surface area contributed by atoms with Gasteiger partial charge in [0.2, 0.25) is 0 Å². The van der Waals surface area contributed by atoms with Gasteiger partial charge in [-0.25, -0.2) is 9.98 Å². The number of nitrogens with zero attached hydrogens (tertiary/aromatic N) is 3. The maximum absolute atomic E-state index is 10.9. The normalized spacial score (nSPS) is 16.2. The third-order valence-corrected chi connectivity index (χ3v) is 5.22. The van der Waals surface area contributed by atoms with E-state index in [-0.39, 0.29) is 24.0 Å². The SMILES string of the molecule is CCNC(=NCc1ccc(N2CCCC2)nc1)NCC(C)(O)c1cc(C)oc1C.I. The minimum Gasteiger partial charge on any atom is -0.466 e. The van der Waals surface area contributed by atoms with Gasteiger partial charge in [0.25, 0.3) is 0 Å². The van der Waals surface area contributed by atoms with Crippen molar-refractivity contribution in [1.29, 1.82) is 0 Å². The lowest BCUT2D eigenvalue weighted by atomic mass is 9.96. The monoisotopic (exact) mass is 527 g/mol. The van der Waals surface area contributed by atoms with Gasteiger partial charge in [-0.2, -0.15) is 0 Å². The second-order valence-electron chi connectivity index (χ2n) is 7.87. The molecule has 3 N–H and O–H groups in total. The molecule has 0 aliphatic carbocycles. The van der Waals surface area contributed by atoms with Gasteiger partial charge < -0.3 is 25.1 Å². The predicted molar refractivity (Wildman–Crippen MR) is 132 cm³/mol. The number of rotatable bonds is 7. The van der Waals surface area contributed by atoms with Gasteiger partial charge in [0, 0.05) is 31.4 Å². The summed E-state index contributed by atoms with van der Waals surface area (Å²) in [5.74, 6) is 3.24. The van der Waals surface area contributed by atoms with Crippen LogP contribution < -0.4 is 15.5 Å². The van der Waals surface area contributed by atoms with E-state index < -0.39 is 5.60 Å². The topological polar surface area (TPSA) is 85.9 Å². The Morgan fingerprint density at radius 3 is 2.57 bits per heavy atom. The molecule has 1 atom stereocenters. The number of anilines is 1. The fourth-order valence-electron chi connectivity index (χ4n) is 3.67. The first-order chi connectivity index (χ1) is 13.9. The van der Waals surface area contributed by atoms with E-state index in [0.717, 1.165) is 48.1 Å². The first-order valence-corrected chi connectivity index (χ1v) is 10.4. The molecule has 1 unspecified atom stereocenters. The van der Waals surface area contributed by atoms with Crippen LogP contribution in [0.3, 0.4) is 0 Å². The number of hydrogen-bond donors (Lipinski definition) is 3. The average Bonchev–Trinajstić information content (AvgIpc) is 3.34. The van der Waals surface area contributed by atoms with E-state index in [1.165, 1.54) is 12.8 Å². The molecule has 1 saturated heterocycles. The van der Waals surface area contributed by atoms with Crippen molar-refractivity contribution in [3.05, 3.63) is 47.0 Å². The highest BCUT2D eigenvalue weighted by Crippen LogP contribution is 2.26. The van der Waals surface area contributed by atoms with E-state index >= 15 is 0 Å². The summed E-state index contributed by atoms with van der Waals surface area (Å²) in [6, 6.07) is 6.04. The summed E-state index contributed by atoms with van der Waals surface area (Å²) in [6.07, 6.45) is 4.38. The smallest absolute Gasteiger partial charge is 0.191 e. The zero-order valence-corrected chi connectivity index (χ0v) is 20.7. The summed E-state index contributed by atoms with van der Waals surface area (Å²) < 4.78 is 5.56. The van der Waals surface area contributed by atoms with Crippen LogP contribution in [-0.4, -0.2) is 42.2 Å². The number of hydrogen-bond acceptors (Lipinski definition) is 5. The Kier molecular flexibility index (Phi) is 8.96. The van der Waals surface area contributed by atoms with Crippen molar-refractivity contribution in [2.24, 2.45) is 4.99 Å². The number of aliphatic hydroxyl groups is 1. The second kappa shape index (κ2) is 11.0. The zero-order chi connectivity index (χ0) is 20.9. The van der Waals surface area contributed by atoms with E-state index in [9.17, 15) is 5.11 Å². The molecule has 2 aromatic rings. The molecule has 1 aliphatic rings. The molecule has 3 rings (SSSR count). The molecule has 8 heteroatoms. The van der Waals surface area contributed by atoms with Crippen LogP contribution in [-0.2, 0) is 12.1 Å². The number of guanidine groups is 1. The maximum atomic E-state index is 10.9. The number of nitrogens with one attached hydrogen (secondary N) is 2. The Balaban J connectivity index is 0.00000320. The van der Waals surface area contributed by atoms with E-state index in [0.29, 0.717) is 19.0 Å². The Morgan fingerprint density at radius 1 is 1.27 bits per heavy atom. The van der Waals surface area contributed by atoms with Crippen LogP contribution in [0.2, 0.25) is 0 Å². The summed E-state index contributed by atoms with van der Waals surface area (Å²) in [5.41, 5.74) is 0.787. The Labute approximate surface area is 196 Å². The Bertz CT molecular complexity index is 827. The van der Waals surface area contributed by atoms with Crippen molar-refractivity contribution in [3.8, 4) is 0 Å². The van der Waals surface area contributed by atoms with Crippen LogP contribution in [0.15, 0.2) is 33.8 Å². The first kappa shape index (κ1) is 24.5. The minimum atomic E-state index is -1.06. The number of aryl methyl sites for hydroxylation is 2. The van der Waals surface area contributed by atoms with Crippen molar-refractivity contribution in [2.45, 2.75) is 52.7 Å². The number of aliphatic imine (C=N–C) groups is 1. The van der Waals surface area contributed by atoms with Crippen molar-refractivity contribution < 1.29 is 9.52 Å². The molecule has 30 heavy (non-hydrogen) atoms. The molecule has 1 aliphatic heterocycles. The highest BCUT2D eigenvalue weighted by Gasteiger charge is 2.27. The predicted octanol–water partition coefficient (Wildman–Crippen LogP) is 3.47. The number of furan rings is 1. The van der Waals surface area contributed by atoms with Crippen LogP contribution >= 0.6 is 24.0 Å². The van der Waals surface area contributed by atoms with Crippen molar-refractivity contribution in [2.75, 3.05) is 31.1 Å². The van der Waals surface area contributed by atoms with Gasteiger partial charge in [-0.15, -0.1) is 24.0 Å². The van der Waals surface area contributed by atoms with E-state index in [4.69, 9.17) is 4.42 Å². The largest absolute Gasteiger partial charge is 0.466 e. The number of pyridine rings is 1. The molecule has 0 bridgehead atoms. The van der Waals surface area contributed by atoms with E-state index in [1.54, 1.807) is 6.92 Å². The summed E-state index contributed by atoms with van der Waals surface area (Å²) >= 11 is 0. The Hall–Kier alpha value is -1.81. The molecule has 2 aromatic heterocycles. The van der Waals surface area contributed by atoms with Gasteiger partial charge in [0.1, 0.15) is 22.9 Å². The van der Waals surface area contributed by atoms with Gasteiger partial charge >= 0.3 is 0 Å². The van der Waals surface area contributed by atoms with E-state index in [2.05, 4.69) is 37.6 Å². The molecular formula is C22H34IN5O2. The van der Waals surface area contributed by atoms with Gasteiger partial charge in [0.05, 0.1) is 13.1 Å². The van der Waals surface area contributed by atoms with Crippen LogP contribution in [0.1, 0.15) is 49.3 Å². The molecular weight excluding hydrogens is 493 g/mol. The quantitative estimate of drug-likeness (QED) is 0.291. The van der Waals surface area contributed by atoms with Crippen LogP contribution in [0, 0.1) is 13.8 Å². The standard InChI is InChI=1S/C22H33N5O2.HI/c1-5-23-21(26-15-22(4,28)19-12-16(2)29-17(19)3)25-14-18-8-9-20(24-13-18)27-10-6-7-11-27;/h8-9,12-13,28H,5-7,10-11,14-15H2,1-4H3,(H2,23,25,26);1H. The molecule has 0 spiro atoms. The fraction of sp³-hybridized carbons (Fsp3) is 0.545. The molecule has 3 heterocycles. The molecule has 0 saturated carbocycles. The summed E-state index contributed by atoms with van der Waals surface area (Å²) in [5, 5.41) is 17.4. The maximum Gasteiger partial charge on any atom is 0.191 e. The number of halogens is 1. The van der Waals surface area contributed by atoms with Gasteiger partial charge in [-0.05, 0) is 58.2 Å². The van der Waals surface area contributed by atoms with E-state index in [1.807, 2.05) is 33.0 Å². The van der Waals surface area contributed by atoms with Crippen molar-refractivity contribution in [3.63, 3.8) is 0 Å². The molecule has 166 valence electrons. The molecule has 1 fully saturated rings. The number of aromatic nitrogens is 1. The van der Waals surface area contributed by atoms with Crippen LogP contribution in [0.5, 0.6) is 0 Å². The highest BCUT2D eigenvalue weighted by molar-refractivity contribution is 14.0. The third kappa shape index (κ3) is 6.34. The second-order valence-corrected chi connectivity index (χ2v) is 7.87. The zero-order valence-electron chi connectivity index (χ0n) is 18.4. The summed E-state index contributed by atoms with van der Waals surface area (Å²) in [6.45, 7) is 11.3. The van der Waals surface area contributed by atoms with Crippen LogP contribution in [0.25, 0.3) is 0 Å². The molecule has 7 nitrogen and oxygen atoms in total. The first-order valence-electron chi connectivity index (χ1n) is 10.4. The average molecular weight is 527 g/mol. The minimum absolute atomic E-state index is 0. The van der Waals surface area contributed by atoms with Gasteiger partial charge in [-0.1, -0.05) is 6.07 Å². The lowest BCUT2D eigenvalue weighted by molar-refractivity contribution is 0.0601. The molecule has 0 radical (unpaired) electrons. The molecule has 0 aromatic carbocycles. The fourth-order valence-corrected chi connectivity index (χ4v) is 3.67. The lowest BCUT2D eigenvalue weighted by Gasteiger charge is -2.24. The summed E-state index contributed by atoms with van der Waals surface area (Å²) in [4.78, 5) is 11.5. The lowest BCUT2D eigenvalue weighted by Crippen LogP contribution is -2.44. The summed E-state index contributed by atoms with van der Waals surface area (Å²) in [7, 11) is 0.